The minimum Gasteiger partial charge on any atom is -0.361 e. The molecule has 0 spiro atoms. The van der Waals surface area contributed by atoms with Gasteiger partial charge in [-0.2, -0.15) is 0 Å². The van der Waals surface area contributed by atoms with Crippen molar-refractivity contribution in [2.24, 2.45) is 0 Å². The van der Waals surface area contributed by atoms with Crippen LogP contribution in [0.1, 0.15) is 21.9 Å². The molecule has 0 radical (unpaired) electrons. The molecule has 1 aromatic carbocycles. The highest BCUT2D eigenvalue weighted by Crippen LogP contribution is 2.14. The van der Waals surface area contributed by atoms with E-state index in [1.165, 1.54) is 0 Å². The van der Waals surface area contributed by atoms with Gasteiger partial charge >= 0.3 is 0 Å². The Morgan fingerprint density at radius 3 is 3.05 bits per heavy atom. The van der Waals surface area contributed by atoms with Crippen molar-refractivity contribution in [1.82, 2.24) is 20.3 Å². The average Bonchev–Trinajstić information content (AvgIpc) is 2.92. The molecule has 0 bridgehead atoms. The molecule has 100 valence electrons. The third-order valence-corrected chi connectivity index (χ3v) is 3.08. The van der Waals surface area contributed by atoms with Crippen molar-refractivity contribution in [2.45, 2.75) is 13.5 Å². The van der Waals surface area contributed by atoms with E-state index in [4.69, 9.17) is 0 Å². The molecule has 0 fully saturated rings. The van der Waals surface area contributed by atoms with Gasteiger partial charge in [-0.05, 0) is 36.6 Å². The molecule has 5 nitrogen and oxygen atoms in total. The van der Waals surface area contributed by atoms with Gasteiger partial charge in [0.15, 0.2) is 0 Å². The zero-order chi connectivity index (χ0) is 13.9. The van der Waals surface area contributed by atoms with Gasteiger partial charge in [0.2, 0.25) is 0 Å². The smallest absolute Gasteiger partial charge is 0.251 e. The third kappa shape index (κ3) is 2.51. The third-order valence-electron chi connectivity index (χ3n) is 3.08. The number of rotatable bonds is 3. The molecule has 3 rings (SSSR count). The number of amides is 1. The predicted octanol–water partition coefficient (Wildman–Crippen LogP) is 2.20. The van der Waals surface area contributed by atoms with Gasteiger partial charge in [-0.3, -0.25) is 4.79 Å². The second kappa shape index (κ2) is 5.13. The van der Waals surface area contributed by atoms with Crippen molar-refractivity contribution in [2.75, 3.05) is 0 Å². The van der Waals surface area contributed by atoms with Crippen LogP contribution in [0.3, 0.4) is 0 Å². The van der Waals surface area contributed by atoms with Crippen LogP contribution in [0.15, 0.2) is 42.7 Å². The van der Waals surface area contributed by atoms with Crippen LogP contribution in [0.2, 0.25) is 0 Å². The van der Waals surface area contributed by atoms with E-state index in [9.17, 15) is 4.79 Å². The van der Waals surface area contributed by atoms with Crippen molar-refractivity contribution in [3.05, 3.63) is 59.8 Å². The van der Waals surface area contributed by atoms with Crippen LogP contribution in [0.4, 0.5) is 0 Å². The van der Waals surface area contributed by atoms with E-state index in [2.05, 4.69) is 20.3 Å². The average molecular weight is 266 g/mol. The van der Waals surface area contributed by atoms with E-state index in [0.717, 1.165) is 16.6 Å². The minimum absolute atomic E-state index is 0.113. The van der Waals surface area contributed by atoms with Crippen molar-refractivity contribution in [1.29, 1.82) is 0 Å². The first-order valence-electron chi connectivity index (χ1n) is 6.36. The van der Waals surface area contributed by atoms with Crippen LogP contribution in [0, 0.1) is 6.92 Å². The lowest BCUT2D eigenvalue weighted by Gasteiger charge is -2.05. The lowest BCUT2D eigenvalue weighted by molar-refractivity contribution is 0.0950. The van der Waals surface area contributed by atoms with Gasteiger partial charge in [-0.25, -0.2) is 9.97 Å². The number of hydrogen-bond acceptors (Lipinski definition) is 3. The van der Waals surface area contributed by atoms with Gasteiger partial charge in [0, 0.05) is 23.5 Å². The monoisotopic (exact) mass is 266 g/mol. The maximum atomic E-state index is 12.1. The Kier molecular flexibility index (Phi) is 3.16. The number of fused-ring (bicyclic) bond motifs is 1. The molecule has 5 heteroatoms. The molecule has 0 aliphatic rings. The number of aromatic amines is 1. The second-order valence-corrected chi connectivity index (χ2v) is 4.56. The number of carbonyl (C=O) groups excluding carboxylic acids is 1. The summed E-state index contributed by atoms with van der Waals surface area (Å²) in [5.41, 5.74) is 2.38. The summed E-state index contributed by atoms with van der Waals surface area (Å²) in [7, 11) is 0. The van der Waals surface area contributed by atoms with Gasteiger partial charge in [0.05, 0.1) is 12.2 Å². The Morgan fingerprint density at radius 1 is 1.30 bits per heavy atom. The first kappa shape index (κ1) is 12.3. The van der Waals surface area contributed by atoms with Gasteiger partial charge in [-0.15, -0.1) is 0 Å². The summed E-state index contributed by atoms with van der Waals surface area (Å²) in [6, 6.07) is 9.35. The fourth-order valence-electron chi connectivity index (χ4n) is 2.07. The van der Waals surface area contributed by atoms with E-state index >= 15 is 0 Å². The standard InChI is InChI=1S/C15H14N4O/c1-10-16-7-5-13(19-10)9-18-15(20)12-3-2-11-4-6-17-14(11)8-12/h2-8,17H,9H2,1H3,(H,18,20). The van der Waals surface area contributed by atoms with Crippen molar-refractivity contribution in [3.63, 3.8) is 0 Å². The van der Waals surface area contributed by atoms with Crippen LogP contribution >= 0.6 is 0 Å². The van der Waals surface area contributed by atoms with Crippen molar-refractivity contribution < 1.29 is 4.79 Å². The zero-order valence-corrected chi connectivity index (χ0v) is 11.1. The fraction of sp³-hybridized carbons (Fsp3) is 0.133. The number of H-pyrrole nitrogens is 1. The SMILES string of the molecule is Cc1nccc(CNC(=O)c2ccc3cc[nH]c3c2)n1. The largest absolute Gasteiger partial charge is 0.361 e. The molecule has 0 saturated heterocycles. The molecule has 0 aliphatic carbocycles. The van der Waals surface area contributed by atoms with Crippen molar-refractivity contribution >= 4 is 16.8 Å². The molecule has 20 heavy (non-hydrogen) atoms. The number of benzene rings is 1. The summed E-state index contributed by atoms with van der Waals surface area (Å²) in [6.45, 7) is 2.22. The van der Waals surface area contributed by atoms with Crippen LogP contribution < -0.4 is 5.32 Å². The van der Waals surface area contributed by atoms with Gasteiger partial charge in [0.25, 0.3) is 5.91 Å². The van der Waals surface area contributed by atoms with Crippen LogP contribution in [0.5, 0.6) is 0 Å². The Morgan fingerprint density at radius 2 is 2.20 bits per heavy atom. The Labute approximate surface area is 116 Å². The maximum absolute atomic E-state index is 12.1. The summed E-state index contributed by atoms with van der Waals surface area (Å²) in [5, 5.41) is 3.95. The lowest BCUT2D eigenvalue weighted by atomic mass is 10.1. The van der Waals surface area contributed by atoms with Gasteiger partial charge in [-0.1, -0.05) is 6.07 Å². The number of nitrogens with one attached hydrogen (secondary N) is 2. The number of nitrogens with zero attached hydrogens (tertiary/aromatic N) is 2. The first-order chi connectivity index (χ1) is 9.72. The van der Waals surface area contributed by atoms with Crippen LogP contribution in [0.25, 0.3) is 10.9 Å². The van der Waals surface area contributed by atoms with E-state index < -0.39 is 0 Å². The second-order valence-electron chi connectivity index (χ2n) is 4.56. The highest BCUT2D eigenvalue weighted by atomic mass is 16.1. The van der Waals surface area contributed by atoms with E-state index in [0.29, 0.717) is 17.9 Å². The normalized spacial score (nSPS) is 10.7. The molecular weight excluding hydrogens is 252 g/mol. The summed E-state index contributed by atoms with van der Waals surface area (Å²) >= 11 is 0. The minimum atomic E-state index is -0.113. The van der Waals surface area contributed by atoms with E-state index in [1.807, 2.05) is 37.4 Å². The molecule has 2 heterocycles. The molecule has 0 unspecified atom stereocenters. The Bertz CT molecular complexity index is 763. The lowest BCUT2D eigenvalue weighted by Crippen LogP contribution is -2.23. The Balaban J connectivity index is 1.72. The molecule has 1 amide bonds. The summed E-state index contributed by atoms with van der Waals surface area (Å²) in [6.07, 6.45) is 3.55. The molecule has 2 N–H and O–H groups in total. The van der Waals surface area contributed by atoms with Gasteiger partial charge in [0.1, 0.15) is 5.82 Å². The summed E-state index contributed by atoms with van der Waals surface area (Å²) < 4.78 is 0. The Hall–Kier alpha value is -2.69. The molecule has 2 aromatic heterocycles. The zero-order valence-electron chi connectivity index (χ0n) is 11.1. The number of carbonyl (C=O) groups is 1. The number of hydrogen-bond donors (Lipinski definition) is 2. The predicted molar refractivity (Wildman–Crippen MR) is 76.2 cm³/mol. The molecule has 0 atom stereocenters. The highest BCUT2D eigenvalue weighted by Gasteiger charge is 2.07. The van der Waals surface area contributed by atoms with Crippen LogP contribution in [-0.4, -0.2) is 20.9 Å². The van der Waals surface area contributed by atoms with Gasteiger partial charge < -0.3 is 10.3 Å². The first-order valence-corrected chi connectivity index (χ1v) is 6.36. The molecule has 3 aromatic rings. The fourth-order valence-corrected chi connectivity index (χ4v) is 2.07. The molecular formula is C15H14N4O. The van der Waals surface area contributed by atoms with E-state index in [-0.39, 0.29) is 5.91 Å². The number of aryl methyl sites for hydroxylation is 1. The summed E-state index contributed by atoms with van der Waals surface area (Å²) in [5.74, 6) is 0.585. The molecule has 0 aliphatic heterocycles. The molecule has 0 saturated carbocycles. The van der Waals surface area contributed by atoms with Crippen molar-refractivity contribution in [3.8, 4) is 0 Å². The van der Waals surface area contributed by atoms with Crippen LogP contribution in [-0.2, 0) is 6.54 Å². The van der Waals surface area contributed by atoms with E-state index in [1.54, 1.807) is 12.3 Å². The summed E-state index contributed by atoms with van der Waals surface area (Å²) in [4.78, 5) is 23.5. The maximum Gasteiger partial charge on any atom is 0.251 e. The highest BCUT2D eigenvalue weighted by molar-refractivity contribution is 5.97. The topological polar surface area (TPSA) is 70.7 Å². The number of aromatic nitrogens is 3. The quantitative estimate of drug-likeness (QED) is 0.763.